The molecule has 0 N–H and O–H groups in total. The monoisotopic (exact) mass is 224 g/mol. The average Bonchev–Trinajstić information content (AvgIpc) is 2.06. The van der Waals surface area contributed by atoms with E-state index >= 15 is 0 Å². The van der Waals surface area contributed by atoms with Crippen molar-refractivity contribution in [2.45, 2.75) is 6.92 Å². The Morgan fingerprint density at radius 3 is 2.00 bits per heavy atom. The van der Waals surface area contributed by atoms with Gasteiger partial charge in [0.2, 0.25) is 11.2 Å². The molecule has 0 aliphatic heterocycles. The van der Waals surface area contributed by atoms with E-state index in [4.69, 9.17) is 5.39 Å². The predicted molar refractivity (Wildman–Crippen MR) is 46.1 cm³/mol. The Bertz CT molecular complexity index is 365. The maximum Gasteiger partial charge on any atom is 0.673 e. The van der Waals surface area contributed by atoms with Crippen molar-refractivity contribution < 1.29 is 21.7 Å². The first-order valence-electron chi connectivity index (χ1n) is 3.72. The van der Waals surface area contributed by atoms with Gasteiger partial charge in [-0.25, -0.2) is 0 Å². The third-order valence-corrected chi connectivity index (χ3v) is 1.21. The van der Waals surface area contributed by atoms with Crippen LogP contribution in [0, 0.1) is 18.1 Å². The van der Waals surface area contributed by atoms with Crippen LogP contribution in [-0.2, 0) is 0 Å². The van der Waals surface area contributed by atoms with Crippen molar-refractivity contribution in [1.82, 2.24) is 0 Å². The van der Waals surface area contributed by atoms with E-state index in [0.717, 1.165) is 5.56 Å². The van der Waals surface area contributed by atoms with Gasteiger partial charge in [-0.15, -0.1) is 0 Å². The molecule has 0 radical (unpaired) electrons. The Labute approximate surface area is 82.4 Å². The Morgan fingerprint density at radius 2 is 1.67 bits per heavy atom. The van der Waals surface area contributed by atoms with Crippen molar-refractivity contribution in [2.24, 2.45) is 0 Å². The second-order valence-corrected chi connectivity index (χ2v) is 2.55. The number of hydrogen-bond acceptors (Lipinski definition) is 1. The first kappa shape index (κ1) is 13.4. The van der Waals surface area contributed by atoms with E-state index in [9.17, 15) is 21.7 Å². The minimum atomic E-state index is -6.00. The second-order valence-electron chi connectivity index (χ2n) is 2.55. The number of diazo groups is 1. The van der Waals surface area contributed by atoms with Gasteiger partial charge in [0.25, 0.3) is 0 Å². The van der Waals surface area contributed by atoms with Crippen LogP contribution in [0.5, 0.6) is 0 Å². The molecule has 0 aliphatic rings. The van der Waals surface area contributed by atoms with Crippen LogP contribution in [-0.4, -0.2) is 7.25 Å². The molecule has 1 aromatic rings. The number of nitrogens with zero attached hydrogens (tertiary/aromatic N) is 2. The molecule has 0 spiro atoms. The van der Waals surface area contributed by atoms with Crippen LogP contribution in [0.15, 0.2) is 18.2 Å². The largest absolute Gasteiger partial charge is 0.673 e. The minimum Gasteiger partial charge on any atom is -0.418 e. The third kappa shape index (κ3) is 7.43. The van der Waals surface area contributed by atoms with Gasteiger partial charge in [0, 0.05) is 6.07 Å². The van der Waals surface area contributed by atoms with E-state index in [1.165, 1.54) is 12.1 Å². The molecule has 2 nitrogen and oxygen atoms in total. The highest BCUT2D eigenvalue weighted by molar-refractivity contribution is 6.50. The highest BCUT2D eigenvalue weighted by atomic mass is 19.5. The first-order valence-corrected chi connectivity index (χ1v) is 3.72. The maximum atomic E-state index is 12.5. The second kappa shape index (κ2) is 5.29. The van der Waals surface area contributed by atoms with Gasteiger partial charge in [0.1, 0.15) is 0 Å². The van der Waals surface area contributed by atoms with Gasteiger partial charge in [-0.2, -0.15) is 4.39 Å². The normalized spacial score (nSPS) is 9.93. The van der Waals surface area contributed by atoms with E-state index in [2.05, 4.69) is 4.98 Å². The molecule has 15 heavy (non-hydrogen) atoms. The predicted octanol–water partition coefficient (Wildman–Crippen LogP) is 3.92. The van der Waals surface area contributed by atoms with Crippen molar-refractivity contribution in [3.05, 3.63) is 34.6 Å². The van der Waals surface area contributed by atoms with E-state index in [1.54, 1.807) is 13.0 Å². The molecule has 0 bridgehead atoms. The molecule has 0 unspecified atom stereocenters. The van der Waals surface area contributed by atoms with Crippen molar-refractivity contribution in [3.8, 4) is 0 Å². The molecule has 1 aromatic carbocycles. The first-order chi connectivity index (χ1) is 6.74. The Kier molecular flexibility index (Phi) is 4.71. The lowest BCUT2D eigenvalue weighted by Crippen LogP contribution is -2.02. The zero-order valence-electron chi connectivity index (χ0n) is 7.59. The molecule has 0 amide bonds. The van der Waals surface area contributed by atoms with Crippen LogP contribution in [0.2, 0.25) is 0 Å². The minimum absolute atomic E-state index is 0.0139. The summed E-state index contributed by atoms with van der Waals surface area (Å²) in [6, 6.07) is 4.35. The van der Waals surface area contributed by atoms with Crippen LogP contribution in [0.4, 0.5) is 27.3 Å². The molecule has 1 rings (SSSR count). The molecule has 0 aliphatic carbocycles. The SMILES string of the molecule is Cc1ccc(F)c([N+]#N)c1.F[B-](F)(F)F. The summed E-state index contributed by atoms with van der Waals surface area (Å²) in [5.41, 5.74) is 0.856. The Balaban J connectivity index is 0.000000336. The smallest absolute Gasteiger partial charge is 0.418 e. The Hall–Kier alpha value is -1.65. The standard InChI is InChI=1S/C7H6FN2.BF4/c1-5-2-3-6(8)7(4-5)10-9;2-1(3,4)5/h2-4H,1H3;/q+1;-1. The summed E-state index contributed by atoms with van der Waals surface area (Å²) in [6.45, 7) is 1.80. The highest BCUT2D eigenvalue weighted by Gasteiger charge is 2.20. The average molecular weight is 224 g/mol. The highest BCUT2D eigenvalue weighted by Crippen LogP contribution is 2.18. The van der Waals surface area contributed by atoms with Gasteiger partial charge in [-0.05, 0) is 18.6 Å². The number of hydrogen-bond donors (Lipinski definition) is 0. The van der Waals surface area contributed by atoms with Gasteiger partial charge in [0.15, 0.2) is 4.98 Å². The maximum absolute atomic E-state index is 12.5. The fraction of sp³-hybridized carbons (Fsp3) is 0.143. The number of benzene rings is 1. The molecular weight excluding hydrogens is 218 g/mol. The fourth-order valence-corrected chi connectivity index (χ4v) is 0.699. The zero-order valence-corrected chi connectivity index (χ0v) is 7.59. The topological polar surface area (TPSA) is 28.1 Å². The number of rotatable bonds is 0. The number of aryl methyl sites for hydroxylation is 1. The lowest BCUT2D eigenvalue weighted by molar-refractivity contribution is 0.368. The summed E-state index contributed by atoms with van der Waals surface area (Å²) < 4.78 is 51.5. The summed E-state index contributed by atoms with van der Waals surface area (Å²) in [7, 11) is -6.00. The van der Waals surface area contributed by atoms with Crippen LogP contribution in [0.3, 0.4) is 0 Å². The van der Waals surface area contributed by atoms with Gasteiger partial charge >= 0.3 is 12.9 Å². The molecule has 0 fully saturated rings. The van der Waals surface area contributed by atoms with Crippen molar-refractivity contribution >= 4 is 12.9 Å². The van der Waals surface area contributed by atoms with Gasteiger partial charge < -0.3 is 17.3 Å². The molecule has 0 atom stereocenters. The molecule has 0 aromatic heterocycles. The quantitative estimate of drug-likeness (QED) is 0.372. The van der Waals surface area contributed by atoms with Crippen LogP contribution in [0.25, 0.3) is 4.98 Å². The van der Waals surface area contributed by atoms with E-state index < -0.39 is 13.1 Å². The molecule has 0 saturated heterocycles. The number of halogens is 5. The van der Waals surface area contributed by atoms with Crippen molar-refractivity contribution in [2.75, 3.05) is 0 Å². The summed E-state index contributed by atoms with van der Waals surface area (Å²) in [5.74, 6) is -0.506. The summed E-state index contributed by atoms with van der Waals surface area (Å²) >= 11 is 0. The molecule has 82 valence electrons. The molecule has 8 heteroatoms. The fourth-order valence-electron chi connectivity index (χ4n) is 0.699. The van der Waals surface area contributed by atoms with Crippen LogP contribution >= 0.6 is 0 Å². The van der Waals surface area contributed by atoms with Crippen LogP contribution in [0.1, 0.15) is 5.56 Å². The van der Waals surface area contributed by atoms with E-state index in [1.807, 2.05) is 0 Å². The molecular formula is C7H6BF5N2. The summed E-state index contributed by atoms with van der Waals surface area (Å²) in [5, 5.41) is 8.23. The van der Waals surface area contributed by atoms with Crippen molar-refractivity contribution in [1.29, 1.82) is 5.39 Å². The summed E-state index contributed by atoms with van der Waals surface area (Å²) in [4.78, 5) is 2.76. The molecule has 0 heterocycles. The molecule has 0 saturated carbocycles. The van der Waals surface area contributed by atoms with Crippen LogP contribution < -0.4 is 0 Å². The van der Waals surface area contributed by atoms with Crippen molar-refractivity contribution in [3.63, 3.8) is 0 Å². The van der Waals surface area contributed by atoms with E-state index in [0.29, 0.717) is 0 Å². The van der Waals surface area contributed by atoms with Gasteiger partial charge in [0.05, 0.1) is 0 Å². The Morgan fingerprint density at radius 1 is 1.20 bits per heavy atom. The third-order valence-electron chi connectivity index (χ3n) is 1.21. The zero-order chi connectivity index (χ0) is 12.1. The van der Waals surface area contributed by atoms with E-state index in [-0.39, 0.29) is 5.69 Å². The lowest BCUT2D eigenvalue weighted by atomic mass is 10.2. The summed E-state index contributed by atoms with van der Waals surface area (Å²) in [6.07, 6.45) is 0. The van der Waals surface area contributed by atoms with Gasteiger partial charge in [-0.3, -0.25) is 0 Å². The lowest BCUT2D eigenvalue weighted by Gasteiger charge is -1.94. The van der Waals surface area contributed by atoms with Gasteiger partial charge in [-0.1, -0.05) is 6.07 Å².